The maximum absolute atomic E-state index is 12.9. The Hall–Kier alpha value is -2.16. The van der Waals surface area contributed by atoms with E-state index in [0.717, 1.165) is 5.56 Å². The van der Waals surface area contributed by atoms with Crippen molar-refractivity contribution in [2.45, 2.75) is 47.5 Å². The summed E-state index contributed by atoms with van der Waals surface area (Å²) in [7, 11) is 0. The quantitative estimate of drug-likeness (QED) is 0.674. The van der Waals surface area contributed by atoms with Crippen molar-refractivity contribution >= 4 is 17.8 Å². The number of hydrogen-bond acceptors (Lipinski definition) is 2. The Labute approximate surface area is 168 Å². The van der Waals surface area contributed by atoms with E-state index in [2.05, 4.69) is 26.0 Å². The van der Waals surface area contributed by atoms with Gasteiger partial charge in [0.05, 0.1) is 5.41 Å². The predicted molar refractivity (Wildman–Crippen MR) is 113 cm³/mol. The molecule has 2 aliphatic carbocycles. The minimum absolute atomic E-state index is 0.0170. The molecule has 6 atom stereocenters. The summed E-state index contributed by atoms with van der Waals surface area (Å²) in [5, 5.41) is 10.6. The highest BCUT2D eigenvalue weighted by Gasteiger charge is 2.66. The molecule has 1 saturated carbocycles. The van der Waals surface area contributed by atoms with Crippen LogP contribution in [0.1, 0.15) is 53.0 Å². The number of carbonyl (C=O) groups excluding carboxylic acids is 1. The summed E-state index contributed by atoms with van der Waals surface area (Å²) in [6.07, 6.45) is 7.51. The third kappa shape index (κ3) is 2.70. The zero-order chi connectivity index (χ0) is 20.7. The van der Waals surface area contributed by atoms with Crippen molar-refractivity contribution in [3.8, 4) is 0 Å². The molecular weight excluding hydrogens is 348 g/mol. The number of carboxylic acids is 1. The Kier molecular flexibility index (Phi) is 5.40. The van der Waals surface area contributed by atoms with E-state index in [1.165, 1.54) is 5.57 Å². The molecule has 3 nitrogen and oxygen atoms in total. The molecule has 1 aromatic carbocycles. The Morgan fingerprint density at radius 2 is 1.75 bits per heavy atom. The van der Waals surface area contributed by atoms with Crippen molar-refractivity contribution in [2.24, 2.45) is 34.5 Å². The molecule has 0 radical (unpaired) electrons. The molecule has 1 fully saturated rings. The van der Waals surface area contributed by atoms with Gasteiger partial charge in [0.15, 0.2) is 0 Å². The number of fused-ring (bicyclic) bond motifs is 1. The number of carboxylic acid groups (broad SMARTS) is 1. The lowest BCUT2D eigenvalue weighted by molar-refractivity contribution is -0.165. The number of rotatable bonds is 5. The lowest BCUT2D eigenvalue weighted by Crippen LogP contribution is -2.56. The summed E-state index contributed by atoms with van der Waals surface area (Å²) in [6, 6.07) is 10.0. The largest absolute Gasteiger partial charge is 0.481 e. The molecule has 0 heterocycles. The highest BCUT2D eigenvalue weighted by Crippen LogP contribution is 2.65. The Balaban J connectivity index is 2.25. The van der Waals surface area contributed by atoms with Crippen LogP contribution in [-0.4, -0.2) is 16.9 Å². The first-order valence-electron chi connectivity index (χ1n) is 10.5. The highest BCUT2D eigenvalue weighted by atomic mass is 16.4. The molecule has 0 unspecified atom stereocenters. The topological polar surface area (TPSA) is 54.4 Å². The summed E-state index contributed by atoms with van der Waals surface area (Å²) in [5.74, 6) is -1.08. The Morgan fingerprint density at radius 3 is 2.29 bits per heavy atom. The summed E-state index contributed by atoms with van der Waals surface area (Å²) in [5.41, 5.74) is 0.618. The standard InChI is InChI=1S/C25H32O3/c1-6-24(14-13-19-11-9-8-10-12-19)15-16(3)20-17(4)22(26)18(5)21(20)25(24,7-2)23(27)28/h8-15,17-18,20-21H,6-7H2,1-5H3,(H,27,28)/t17-,18-,20-,21-,24-,25-/m1/s1. The molecular formula is C25H32O3. The third-order valence-corrected chi connectivity index (χ3v) is 7.67. The zero-order valence-corrected chi connectivity index (χ0v) is 17.6. The second-order valence-corrected chi connectivity index (χ2v) is 8.69. The molecule has 0 amide bonds. The first kappa shape index (κ1) is 20.6. The van der Waals surface area contributed by atoms with Crippen molar-refractivity contribution in [1.29, 1.82) is 0 Å². The number of carbonyl (C=O) groups is 2. The predicted octanol–water partition coefficient (Wildman–Crippen LogP) is 5.62. The molecule has 28 heavy (non-hydrogen) atoms. The molecule has 1 aromatic rings. The first-order valence-corrected chi connectivity index (χ1v) is 10.5. The normalized spacial score (nSPS) is 37.8. The van der Waals surface area contributed by atoms with Crippen molar-refractivity contribution in [1.82, 2.24) is 0 Å². The van der Waals surface area contributed by atoms with Gasteiger partial charge in [-0.25, -0.2) is 0 Å². The third-order valence-electron chi connectivity index (χ3n) is 7.67. The van der Waals surface area contributed by atoms with Gasteiger partial charge in [-0.3, -0.25) is 9.59 Å². The summed E-state index contributed by atoms with van der Waals surface area (Å²) >= 11 is 0. The van der Waals surface area contributed by atoms with Crippen LogP contribution in [0.15, 0.2) is 48.1 Å². The van der Waals surface area contributed by atoms with Crippen LogP contribution < -0.4 is 0 Å². The van der Waals surface area contributed by atoms with Gasteiger partial charge >= 0.3 is 5.97 Å². The molecule has 150 valence electrons. The fraction of sp³-hybridized carbons (Fsp3) is 0.520. The number of hydrogen-bond donors (Lipinski definition) is 1. The number of benzene rings is 1. The van der Waals surface area contributed by atoms with Crippen LogP contribution >= 0.6 is 0 Å². The van der Waals surface area contributed by atoms with Crippen LogP contribution in [0, 0.1) is 34.5 Å². The summed E-state index contributed by atoms with van der Waals surface area (Å²) < 4.78 is 0. The fourth-order valence-electron chi connectivity index (χ4n) is 6.34. The average Bonchev–Trinajstić information content (AvgIpc) is 2.92. The number of aliphatic carboxylic acids is 1. The maximum atomic E-state index is 12.9. The van der Waals surface area contributed by atoms with Crippen molar-refractivity contribution in [3.63, 3.8) is 0 Å². The Bertz CT molecular complexity index is 821. The molecule has 0 aliphatic heterocycles. The van der Waals surface area contributed by atoms with Gasteiger partial charge in [-0.2, -0.15) is 0 Å². The van der Waals surface area contributed by atoms with E-state index in [9.17, 15) is 14.7 Å². The fourth-order valence-corrected chi connectivity index (χ4v) is 6.34. The molecule has 1 N–H and O–H groups in total. The molecule has 3 heteroatoms. The molecule has 2 aliphatic rings. The zero-order valence-electron chi connectivity index (χ0n) is 17.6. The van der Waals surface area contributed by atoms with Gasteiger partial charge in [-0.1, -0.05) is 81.8 Å². The van der Waals surface area contributed by atoms with Gasteiger partial charge in [0, 0.05) is 17.3 Å². The number of Topliss-reactive ketones (excluding diaryl/α,β-unsaturated/α-hetero) is 1. The summed E-state index contributed by atoms with van der Waals surface area (Å²) in [4.78, 5) is 25.8. The molecule has 0 saturated heterocycles. The molecule has 0 bridgehead atoms. The number of ketones is 1. The smallest absolute Gasteiger partial charge is 0.311 e. The van der Waals surface area contributed by atoms with Gasteiger partial charge in [0.1, 0.15) is 5.78 Å². The van der Waals surface area contributed by atoms with Gasteiger partial charge < -0.3 is 5.11 Å². The van der Waals surface area contributed by atoms with E-state index in [1.807, 2.05) is 57.2 Å². The first-order chi connectivity index (χ1) is 13.3. The monoisotopic (exact) mass is 380 g/mol. The second-order valence-electron chi connectivity index (χ2n) is 8.69. The van der Waals surface area contributed by atoms with Gasteiger partial charge in [0.25, 0.3) is 0 Å². The van der Waals surface area contributed by atoms with E-state index >= 15 is 0 Å². The van der Waals surface area contributed by atoms with Crippen molar-refractivity contribution < 1.29 is 14.7 Å². The molecule has 0 aromatic heterocycles. The molecule has 0 spiro atoms. The van der Waals surface area contributed by atoms with E-state index in [1.54, 1.807) is 0 Å². The van der Waals surface area contributed by atoms with Crippen LogP contribution in [0.3, 0.4) is 0 Å². The molecule has 3 rings (SSSR count). The average molecular weight is 381 g/mol. The van der Waals surface area contributed by atoms with E-state index in [-0.39, 0.29) is 29.5 Å². The van der Waals surface area contributed by atoms with Crippen molar-refractivity contribution in [3.05, 3.63) is 53.6 Å². The SMILES string of the molecule is CC[C@@]1(C=Cc2ccccc2)C=C(C)[C@H]2[C@@H]([C@@H](C)C(=O)[C@@H]2C)[C@]1(CC)C(=O)O. The lowest BCUT2D eigenvalue weighted by Gasteiger charge is -2.54. The minimum Gasteiger partial charge on any atom is -0.481 e. The van der Waals surface area contributed by atoms with Gasteiger partial charge in [-0.05, 0) is 37.2 Å². The van der Waals surface area contributed by atoms with Crippen LogP contribution in [0.25, 0.3) is 6.08 Å². The van der Waals surface area contributed by atoms with Gasteiger partial charge in [0.2, 0.25) is 0 Å². The van der Waals surface area contributed by atoms with Crippen LogP contribution in [0.2, 0.25) is 0 Å². The number of allylic oxidation sites excluding steroid dienone is 3. The van der Waals surface area contributed by atoms with E-state index in [4.69, 9.17) is 0 Å². The van der Waals surface area contributed by atoms with Crippen molar-refractivity contribution in [2.75, 3.05) is 0 Å². The van der Waals surface area contributed by atoms with E-state index in [0.29, 0.717) is 12.8 Å². The highest BCUT2D eigenvalue weighted by molar-refractivity contribution is 5.89. The van der Waals surface area contributed by atoms with E-state index < -0.39 is 16.8 Å². The maximum Gasteiger partial charge on any atom is 0.311 e. The Morgan fingerprint density at radius 1 is 1.11 bits per heavy atom. The van der Waals surface area contributed by atoms with Gasteiger partial charge in [-0.15, -0.1) is 0 Å². The lowest BCUT2D eigenvalue weighted by atomic mass is 9.47. The van der Waals surface area contributed by atoms with Crippen LogP contribution in [0.4, 0.5) is 0 Å². The second kappa shape index (κ2) is 7.35. The minimum atomic E-state index is -0.989. The summed E-state index contributed by atoms with van der Waals surface area (Å²) in [6.45, 7) is 10.0. The van der Waals surface area contributed by atoms with Crippen LogP contribution in [-0.2, 0) is 9.59 Å². The van der Waals surface area contributed by atoms with Crippen LogP contribution in [0.5, 0.6) is 0 Å².